The van der Waals surface area contributed by atoms with Gasteiger partial charge in [-0.15, -0.1) is 11.3 Å². The molecule has 4 heteroatoms. The molecule has 1 amide bonds. The summed E-state index contributed by atoms with van der Waals surface area (Å²) in [6.07, 6.45) is 6.00. The van der Waals surface area contributed by atoms with Crippen LogP contribution in [-0.2, 0) is 4.79 Å². The normalized spacial score (nSPS) is 22.1. The molecule has 1 aromatic carbocycles. The van der Waals surface area contributed by atoms with Crippen LogP contribution in [0.3, 0.4) is 0 Å². The molecular weight excluding hydrogens is 268 g/mol. The first kappa shape index (κ1) is 13.3. The smallest absolute Gasteiger partial charge is 0.224 e. The van der Waals surface area contributed by atoms with Crippen molar-refractivity contribution >= 4 is 27.5 Å². The largest absolute Gasteiger partial charge is 0.356 e. The summed E-state index contributed by atoms with van der Waals surface area (Å²) in [5.74, 6) is 0.380. The molecule has 3 rings (SSSR count). The van der Waals surface area contributed by atoms with E-state index in [1.807, 2.05) is 25.1 Å². The zero-order chi connectivity index (χ0) is 13.9. The number of aromatic nitrogens is 1. The molecule has 0 bridgehead atoms. The van der Waals surface area contributed by atoms with Gasteiger partial charge in [0.1, 0.15) is 0 Å². The zero-order valence-electron chi connectivity index (χ0n) is 11.5. The predicted octanol–water partition coefficient (Wildman–Crippen LogP) is 3.48. The molecule has 2 atom stereocenters. The molecule has 0 saturated carbocycles. The van der Waals surface area contributed by atoms with Gasteiger partial charge in [-0.05, 0) is 31.9 Å². The lowest BCUT2D eigenvalue weighted by molar-refractivity contribution is -0.125. The molecule has 104 valence electrons. The number of nitrogens with zero attached hydrogens (tertiary/aromatic N) is 1. The van der Waals surface area contributed by atoms with E-state index >= 15 is 0 Å². The number of carbonyl (C=O) groups excluding carboxylic acids is 1. The highest BCUT2D eigenvalue weighted by Gasteiger charge is 2.31. The van der Waals surface area contributed by atoms with Gasteiger partial charge in [0.25, 0.3) is 0 Å². The highest BCUT2D eigenvalue weighted by Crippen LogP contribution is 2.38. The third kappa shape index (κ3) is 2.48. The zero-order valence-corrected chi connectivity index (χ0v) is 12.3. The van der Waals surface area contributed by atoms with Gasteiger partial charge >= 0.3 is 0 Å². The van der Waals surface area contributed by atoms with E-state index in [2.05, 4.69) is 23.5 Å². The lowest BCUT2D eigenvalue weighted by atomic mass is 9.82. The summed E-state index contributed by atoms with van der Waals surface area (Å²) in [7, 11) is 0. The molecule has 0 aliphatic heterocycles. The van der Waals surface area contributed by atoms with Gasteiger partial charge in [0.15, 0.2) is 0 Å². The molecule has 1 aliphatic carbocycles. The number of para-hydroxylation sites is 1. The van der Waals surface area contributed by atoms with Crippen molar-refractivity contribution in [3.63, 3.8) is 0 Å². The molecule has 0 unspecified atom stereocenters. The SMILES string of the molecule is CCNC(=O)[C@@H]1CC=CC[C@H]1c1nc2ccccc2s1. The summed E-state index contributed by atoms with van der Waals surface area (Å²) in [6, 6.07) is 8.17. The Balaban J connectivity index is 1.93. The number of allylic oxidation sites excluding steroid dienone is 2. The lowest BCUT2D eigenvalue weighted by Gasteiger charge is -2.25. The van der Waals surface area contributed by atoms with E-state index in [9.17, 15) is 4.79 Å². The molecule has 0 spiro atoms. The molecule has 1 N–H and O–H groups in total. The maximum absolute atomic E-state index is 12.2. The van der Waals surface area contributed by atoms with Crippen molar-refractivity contribution in [2.24, 2.45) is 5.92 Å². The van der Waals surface area contributed by atoms with Gasteiger partial charge in [0.2, 0.25) is 5.91 Å². The standard InChI is InChI=1S/C16H18N2OS/c1-2-17-15(19)11-7-3-4-8-12(11)16-18-13-9-5-6-10-14(13)20-16/h3-6,9-12H,2,7-8H2,1H3,(H,17,19)/t11-,12-/m1/s1. The second-order valence-electron chi connectivity index (χ2n) is 5.07. The van der Waals surface area contributed by atoms with Crippen LogP contribution in [0.5, 0.6) is 0 Å². The summed E-state index contributed by atoms with van der Waals surface area (Å²) in [4.78, 5) is 17.0. The van der Waals surface area contributed by atoms with Gasteiger partial charge in [-0.2, -0.15) is 0 Å². The fourth-order valence-electron chi connectivity index (χ4n) is 2.73. The first-order valence-corrected chi connectivity index (χ1v) is 7.89. The Bertz CT molecular complexity index is 614. The number of hydrogen-bond donors (Lipinski definition) is 1. The maximum Gasteiger partial charge on any atom is 0.224 e. The number of carbonyl (C=O) groups is 1. The number of rotatable bonds is 3. The van der Waals surface area contributed by atoms with Gasteiger partial charge in [0, 0.05) is 12.5 Å². The van der Waals surface area contributed by atoms with E-state index in [-0.39, 0.29) is 17.7 Å². The van der Waals surface area contributed by atoms with E-state index in [1.54, 1.807) is 11.3 Å². The number of amides is 1. The molecular formula is C16H18N2OS. The second-order valence-corrected chi connectivity index (χ2v) is 6.13. The Morgan fingerprint density at radius 3 is 2.95 bits per heavy atom. The fraction of sp³-hybridized carbons (Fsp3) is 0.375. The third-order valence-electron chi connectivity index (χ3n) is 3.75. The van der Waals surface area contributed by atoms with Crippen LogP contribution in [0, 0.1) is 5.92 Å². The summed E-state index contributed by atoms with van der Waals surface area (Å²) in [5.41, 5.74) is 1.04. The van der Waals surface area contributed by atoms with Crippen LogP contribution in [0.4, 0.5) is 0 Å². The number of benzene rings is 1. The lowest BCUT2D eigenvalue weighted by Crippen LogP contribution is -2.34. The summed E-state index contributed by atoms with van der Waals surface area (Å²) < 4.78 is 1.20. The van der Waals surface area contributed by atoms with Crippen LogP contribution in [-0.4, -0.2) is 17.4 Å². The van der Waals surface area contributed by atoms with Gasteiger partial charge in [-0.1, -0.05) is 24.3 Å². The van der Waals surface area contributed by atoms with Gasteiger partial charge < -0.3 is 5.32 Å². The van der Waals surface area contributed by atoms with Crippen LogP contribution < -0.4 is 5.32 Å². The molecule has 0 saturated heterocycles. The summed E-state index contributed by atoms with van der Waals surface area (Å²) in [6.45, 7) is 2.65. The average Bonchev–Trinajstić information content (AvgIpc) is 2.91. The molecule has 0 radical (unpaired) electrons. The van der Waals surface area contributed by atoms with Crippen molar-refractivity contribution in [1.29, 1.82) is 0 Å². The minimum Gasteiger partial charge on any atom is -0.356 e. The van der Waals surface area contributed by atoms with Gasteiger partial charge in [0.05, 0.1) is 21.1 Å². The van der Waals surface area contributed by atoms with Crippen LogP contribution >= 0.6 is 11.3 Å². The third-order valence-corrected chi connectivity index (χ3v) is 4.92. The van der Waals surface area contributed by atoms with Crippen LogP contribution in [0.15, 0.2) is 36.4 Å². The summed E-state index contributed by atoms with van der Waals surface area (Å²) in [5, 5.41) is 4.04. The molecule has 20 heavy (non-hydrogen) atoms. The highest BCUT2D eigenvalue weighted by atomic mass is 32.1. The van der Waals surface area contributed by atoms with E-state index in [4.69, 9.17) is 4.98 Å². The van der Waals surface area contributed by atoms with Crippen LogP contribution in [0.25, 0.3) is 10.2 Å². The second kappa shape index (κ2) is 5.75. The van der Waals surface area contributed by atoms with Crippen LogP contribution in [0.1, 0.15) is 30.7 Å². The molecule has 1 aromatic heterocycles. The van der Waals surface area contributed by atoms with Crippen molar-refractivity contribution in [3.05, 3.63) is 41.4 Å². The van der Waals surface area contributed by atoms with Crippen molar-refractivity contribution in [2.75, 3.05) is 6.54 Å². The van der Waals surface area contributed by atoms with Gasteiger partial charge in [-0.3, -0.25) is 4.79 Å². The van der Waals surface area contributed by atoms with E-state index < -0.39 is 0 Å². The molecule has 1 heterocycles. The Morgan fingerprint density at radius 2 is 2.15 bits per heavy atom. The number of hydrogen-bond acceptors (Lipinski definition) is 3. The topological polar surface area (TPSA) is 42.0 Å². The van der Waals surface area contributed by atoms with Crippen molar-refractivity contribution in [2.45, 2.75) is 25.7 Å². The molecule has 2 aromatic rings. The van der Waals surface area contributed by atoms with E-state index in [1.165, 1.54) is 4.70 Å². The molecule has 3 nitrogen and oxygen atoms in total. The van der Waals surface area contributed by atoms with E-state index in [0.717, 1.165) is 23.4 Å². The Kier molecular flexibility index (Phi) is 3.83. The minimum absolute atomic E-state index is 0.0144. The van der Waals surface area contributed by atoms with E-state index in [0.29, 0.717) is 6.54 Å². The first-order valence-electron chi connectivity index (χ1n) is 7.07. The first-order chi connectivity index (χ1) is 9.79. The predicted molar refractivity (Wildman–Crippen MR) is 82.9 cm³/mol. The monoisotopic (exact) mass is 286 g/mol. The Morgan fingerprint density at radius 1 is 1.35 bits per heavy atom. The van der Waals surface area contributed by atoms with Crippen molar-refractivity contribution in [1.82, 2.24) is 10.3 Å². The number of fused-ring (bicyclic) bond motifs is 1. The number of nitrogens with one attached hydrogen (secondary N) is 1. The molecule has 1 aliphatic rings. The Labute approximate surface area is 122 Å². The van der Waals surface area contributed by atoms with Crippen LogP contribution in [0.2, 0.25) is 0 Å². The van der Waals surface area contributed by atoms with Gasteiger partial charge in [-0.25, -0.2) is 4.98 Å². The summed E-state index contributed by atoms with van der Waals surface area (Å²) >= 11 is 1.72. The highest BCUT2D eigenvalue weighted by molar-refractivity contribution is 7.18. The quantitative estimate of drug-likeness (QED) is 0.878. The van der Waals surface area contributed by atoms with Crippen molar-refractivity contribution in [3.8, 4) is 0 Å². The van der Waals surface area contributed by atoms with Crippen molar-refractivity contribution < 1.29 is 4.79 Å². The minimum atomic E-state index is 0.0144. The Hall–Kier alpha value is -1.68. The maximum atomic E-state index is 12.2. The fourth-order valence-corrected chi connectivity index (χ4v) is 3.88. The number of thiazole rings is 1. The molecule has 0 fully saturated rings. The average molecular weight is 286 g/mol.